The highest BCUT2D eigenvalue weighted by Gasteiger charge is 2.29. The first-order valence-corrected chi connectivity index (χ1v) is 11.9. The Morgan fingerprint density at radius 2 is 1.24 bits per heavy atom. The summed E-state index contributed by atoms with van der Waals surface area (Å²) in [4.78, 5) is 21.2. The Balaban J connectivity index is 1.33. The molecule has 4 aromatic rings. The molecule has 4 rings (SSSR count). The molecule has 0 fully saturated rings. The molecule has 0 atom stereocenters. The number of rotatable bonds is 7. The van der Waals surface area contributed by atoms with Crippen LogP contribution in [0.3, 0.4) is 0 Å². The summed E-state index contributed by atoms with van der Waals surface area (Å²) in [7, 11) is 0. The van der Waals surface area contributed by atoms with Crippen LogP contribution in [0.1, 0.15) is 11.3 Å². The summed E-state index contributed by atoms with van der Waals surface area (Å²) >= 11 is -0.212. The van der Waals surface area contributed by atoms with Crippen LogP contribution in [0.2, 0.25) is 0 Å². The van der Waals surface area contributed by atoms with Crippen LogP contribution in [0.15, 0.2) is 83.8 Å². The highest BCUT2D eigenvalue weighted by Crippen LogP contribution is 2.37. The summed E-state index contributed by atoms with van der Waals surface area (Å²) in [6.07, 6.45) is 0. The number of carbonyl (C=O) groups excluding carboxylic acids is 1. The molecule has 0 unspecified atom stereocenters. The maximum absolute atomic E-state index is 12.4. The minimum atomic E-state index is -4.36. The minimum Gasteiger partial charge on any atom is -0.340 e. The van der Waals surface area contributed by atoms with E-state index >= 15 is 0 Å². The average Bonchev–Trinajstić information content (AvgIpc) is 2.82. The number of carbonyl (C=O) groups is 1. The number of hydrogen-bond acceptors (Lipinski definition) is 6. The van der Waals surface area contributed by atoms with Crippen molar-refractivity contribution in [3.05, 3.63) is 90.1 Å². The van der Waals surface area contributed by atoms with Crippen molar-refractivity contribution in [3.63, 3.8) is 0 Å². The zero-order chi connectivity index (χ0) is 26.4. The molecule has 4 N–H and O–H groups in total. The van der Waals surface area contributed by atoms with Crippen LogP contribution in [-0.4, -0.2) is 21.5 Å². The number of benzene rings is 3. The molecule has 0 radical (unpaired) electrons. The predicted molar refractivity (Wildman–Crippen MR) is 142 cm³/mol. The van der Waals surface area contributed by atoms with E-state index in [1.54, 1.807) is 24.3 Å². The summed E-state index contributed by atoms with van der Waals surface area (Å²) in [5, 5.41) is 11.7. The second-order valence-corrected chi connectivity index (χ2v) is 9.20. The average molecular weight is 525 g/mol. The van der Waals surface area contributed by atoms with Crippen LogP contribution in [-0.2, 0) is 0 Å². The summed E-state index contributed by atoms with van der Waals surface area (Å²) in [5.41, 5.74) is 0.120. The van der Waals surface area contributed by atoms with E-state index in [9.17, 15) is 18.0 Å². The van der Waals surface area contributed by atoms with Crippen LogP contribution in [0, 0.1) is 13.8 Å². The van der Waals surface area contributed by atoms with E-state index in [1.165, 1.54) is 29.8 Å². The summed E-state index contributed by atoms with van der Waals surface area (Å²) in [6.45, 7) is 3.90. The van der Waals surface area contributed by atoms with Crippen molar-refractivity contribution in [1.29, 1.82) is 0 Å². The summed E-state index contributed by atoms with van der Waals surface area (Å²) in [6, 6.07) is 21.6. The molecular weight excluding hydrogens is 501 g/mol. The lowest BCUT2D eigenvalue weighted by atomic mass is 10.2. The smallest absolute Gasteiger partial charge is 0.340 e. The fraction of sp³-hybridized carbons (Fsp3) is 0.115. The van der Waals surface area contributed by atoms with Gasteiger partial charge in [-0.3, -0.25) is 0 Å². The standard InChI is InChI=1S/C26H23F3N6OS/c1-16-3-5-18(6-4-16)31-23-15-17(2)30-24(35-23)32-19-7-9-20(10-8-19)33-25(36)34-21-11-13-22(14-12-21)37-26(27,28)29/h3-15H,1-2H3,(H2,33,34,36)(H2,30,31,32,35). The normalized spacial score (nSPS) is 11.1. The van der Waals surface area contributed by atoms with Gasteiger partial charge >= 0.3 is 11.5 Å². The number of anilines is 6. The molecule has 0 aliphatic rings. The molecular formula is C26H23F3N6OS. The number of aryl methyl sites for hydroxylation is 2. The quantitative estimate of drug-likeness (QED) is 0.184. The van der Waals surface area contributed by atoms with Gasteiger partial charge in [0.25, 0.3) is 0 Å². The van der Waals surface area contributed by atoms with E-state index in [0.717, 1.165) is 17.1 Å². The fourth-order valence-electron chi connectivity index (χ4n) is 3.27. The lowest BCUT2D eigenvalue weighted by Gasteiger charge is -2.11. The molecule has 0 saturated heterocycles. The lowest BCUT2D eigenvalue weighted by Crippen LogP contribution is -2.19. The van der Waals surface area contributed by atoms with Crippen molar-refractivity contribution >= 4 is 52.3 Å². The number of hydrogen-bond donors (Lipinski definition) is 4. The molecule has 0 aliphatic carbocycles. The molecule has 0 aliphatic heterocycles. The van der Waals surface area contributed by atoms with E-state index in [0.29, 0.717) is 23.1 Å². The SMILES string of the molecule is Cc1ccc(Nc2cc(C)nc(Nc3ccc(NC(=O)Nc4ccc(SC(F)(F)F)cc4)cc3)n2)cc1. The van der Waals surface area contributed by atoms with Crippen LogP contribution in [0.5, 0.6) is 0 Å². The first-order valence-electron chi connectivity index (χ1n) is 11.1. The van der Waals surface area contributed by atoms with Gasteiger partial charge in [0.1, 0.15) is 5.82 Å². The van der Waals surface area contributed by atoms with Gasteiger partial charge in [-0.25, -0.2) is 9.78 Å². The molecule has 7 nitrogen and oxygen atoms in total. The van der Waals surface area contributed by atoms with Crippen LogP contribution < -0.4 is 21.3 Å². The van der Waals surface area contributed by atoms with Crippen molar-refractivity contribution in [2.24, 2.45) is 0 Å². The van der Waals surface area contributed by atoms with Gasteiger partial charge in [0.05, 0.1) is 0 Å². The van der Waals surface area contributed by atoms with E-state index in [4.69, 9.17) is 0 Å². The van der Waals surface area contributed by atoms with Gasteiger partial charge in [-0.1, -0.05) is 17.7 Å². The van der Waals surface area contributed by atoms with Gasteiger partial charge in [-0.2, -0.15) is 18.2 Å². The van der Waals surface area contributed by atoms with Crippen molar-refractivity contribution in [2.75, 3.05) is 21.3 Å². The Hall–Kier alpha value is -4.25. The molecule has 190 valence electrons. The largest absolute Gasteiger partial charge is 0.446 e. The highest BCUT2D eigenvalue weighted by molar-refractivity contribution is 8.00. The number of nitrogens with zero attached hydrogens (tertiary/aromatic N) is 2. The third kappa shape index (κ3) is 8.14. The molecule has 37 heavy (non-hydrogen) atoms. The van der Waals surface area contributed by atoms with E-state index in [-0.39, 0.29) is 16.7 Å². The third-order valence-corrected chi connectivity index (χ3v) is 5.66. The van der Waals surface area contributed by atoms with Gasteiger partial charge in [-0.05, 0) is 86.3 Å². The minimum absolute atomic E-state index is 0.0391. The molecule has 0 spiro atoms. The number of thioether (sulfide) groups is 1. The number of nitrogens with one attached hydrogen (secondary N) is 4. The van der Waals surface area contributed by atoms with Gasteiger partial charge in [-0.15, -0.1) is 0 Å². The Morgan fingerprint density at radius 3 is 1.84 bits per heavy atom. The Labute approximate surface area is 215 Å². The van der Waals surface area contributed by atoms with Crippen molar-refractivity contribution in [2.45, 2.75) is 24.3 Å². The third-order valence-electron chi connectivity index (χ3n) is 4.92. The number of amides is 2. The van der Waals surface area contributed by atoms with Crippen LogP contribution in [0.4, 0.5) is 52.5 Å². The second-order valence-electron chi connectivity index (χ2n) is 8.06. The summed E-state index contributed by atoms with van der Waals surface area (Å²) in [5.74, 6) is 1.07. The zero-order valence-corrected chi connectivity index (χ0v) is 20.7. The lowest BCUT2D eigenvalue weighted by molar-refractivity contribution is -0.0328. The predicted octanol–water partition coefficient (Wildman–Crippen LogP) is 7.84. The molecule has 1 heterocycles. The van der Waals surface area contributed by atoms with E-state index in [2.05, 4.69) is 31.2 Å². The summed E-state index contributed by atoms with van der Waals surface area (Å²) < 4.78 is 37.3. The number of aromatic nitrogens is 2. The molecule has 11 heteroatoms. The Bertz CT molecular complexity index is 1360. The number of alkyl halides is 3. The van der Waals surface area contributed by atoms with E-state index in [1.807, 2.05) is 44.2 Å². The molecule has 1 aromatic heterocycles. The van der Waals surface area contributed by atoms with E-state index < -0.39 is 11.5 Å². The van der Waals surface area contributed by atoms with Crippen molar-refractivity contribution < 1.29 is 18.0 Å². The van der Waals surface area contributed by atoms with Gasteiger partial charge in [0, 0.05) is 39.4 Å². The molecule has 0 saturated carbocycles. The topological polar surface area (TPSA) is 91.0 Å². The maximum atomic E-state index is 12.4. The molecule has 3 aromatic carbocycles. The van der Waals surface area contributed by atoms with Gasteiger partial charge in [0.15, 0.2) is 0 Å². The first-order chi connectivity index (χ1) is 17.6. The molecule has 0 bridgehead atoms. The van der Waals surface area contributed by atoms with Crippen LogP contribution >= 0.6 is 11.8 Å². The maximum Gasteiger partial charge on any atom is 0.446 e. The van der Waals surface area contributed by atoms with Crippen molar-refractivity contribution in [1.82, 2.24) is 9.97 Å². The highest BCUT2D eigenvalue weighted by atomic mass is 32.2. The first kappa shape index (κ1) is 25.8. The number of urea groups is 1. The zero-order valence-electron chi connectivity index (χ0n) is 19.9. The van der Waals surface area contributed by atoms with Crippen molar-refractivity contribution in [3.8, 4) is 0 Å². The monoisotopic (exact) mass is 524 g/mol. The molecule has 2 amide bonds. The fourth-order valence-corrected chi connectivity index (χ4v) is 3.81. The number of halogens is 3. The second kappa shape index (κ2) is 11.2. The Kier molecular flexibility index (Phi) is 7.83. The van der Waals surface area contributed by atoms with Gasteiger partial charge in [0.2, 0.25) is 5.95 Å². The Morgan fingerprint density at radius 1 is 0.730 bits per heavy atom. The van der Waals surface area contributed by atoms with Crippen LogP contribution in [0.25, 0.3) is 0 Å². The van der Waals surface area contributed by atoms with Gasteiger partial charge < -0.3 is 21.3 Å².